The van der Waals surface area contributed by atoms with E-state index in [1.54, 1.807) is 0 Å². The van der Waals surface area contributed by atoms with Gasteiger partial charge in [-0.3, -0.25) is 4.79 Å². The summed E-state index contributed by atoms with van der Waals surface area (Å²) in [7, 11) is 0. The molecule has 0 aromatic heterocycles. The van der Waals surface area contributed by atoms with Crippen molar-refractivity contribution in [2.45, 2.75) is 50.4 Å². The fourth-order valence-corrected chi connectivity index (χ4v) is 3.31. The lowest BCUT2D eigenvalue weighted by Crippen LogP contribution is -2.41. The molecule has 0 atom stereocenters. The average Bonchev–Trinajstić information content (AvgIpc) is 3.20. The predicted molar refractivity (Wildman–Crippen MR) is 81.4 cm³/mol. The van der Waals surface area contributed by atoms with Gasteiger partial charge in [-0.15, -0.1) is 0 Å². The summed E-state index contributed by atoms with van der Waals surface area (Å²) in [5.41, 5.74) is 7.44. The standard InChI is InChI=1S/C17H24N2O/c18-15-8-6-14(7-9-15)17(10-11-17)16(20)19-12-4-2-1-3-5-13-19/h6-9H,1-5,10-13,18H2. The number of likely N-dealkylation sites (tertiary alicyclic amines) is 1. The molecule has 1 aliphatic carbocycles. The molecule has 3 nitrogen and oxygen atoms in total. The van der Waals surface area contributed by atoms with Gasteiger partial charge in [0.05, 0.1) is 5.41 Å². The number of hydrogen-bond donors (Lipinski definition) is 1. The summed E-state index contributed by atoms with van der Waals surface area (Å²) < 4.78 is 0. The Labute approximate surface area is 121 Å². The monoisotopic (exact) mass is 272 g/mol. The van der Waals surface area contributed by atoms with Gasteiger partial charge in [-0.2, -0.15) is 0 Å². The van der Waals surface area contributed by atoms with Crippen molar-refractivity contribution in [3.63, 3.8) is 0 Å². The van der Waals surface area contributed by atoms with E-state index in [2.05, 4.69) is 4.90 Å². The van der Waals surface area contributed by atoms with Crippen LogP contribution in [-0.4, -0.2) is 23.9 Å². The lowest BCUT2D eigenvalue weighted by atomic mass is 9.93. The fraction of sp³-hybridized carbons (Fsp3) is 0.588. The number of amides is 1. The molecule has 0 radical (unpaired) electrons. The minimum Gasteiger partial charge on any atom is -0.399 e. The molecule has 2 fully saturated rings. The van der Waals surface area contributed by atoms with E-state index in [0.717, 1.165) is 50.0 Å². The van der Waals surface area contributed by atoms with Crippen molar-refractivity contribution >= 4 is 11.6 Å². The van der Waals surface area contributed by atoms with Gasteiger partial charge >= 0.3 is 0 Å². The van der Waals surface area contributed by atoms with E-state index >= 15 is 0 Å². The van der Waals surface area contributed by atoms with Crippen molar-refractivity contribution in [2.24, 2.45) is 0 Å². The molecule has 2 N–H and O–H groups in total. The Balaban J connectivity index is 1.76. The Morgan fingerprint density at radius 3 is 2.05 bits per heavy atom. The van der Waals surface area contributed by atoms with Crippen LogP contribution in [0.15, 0.2) is 24.3 Å². The number of nitrogen functional groups attached to an aromatic ring is 1. The molecule has 0 spiro atoms. The molecule has 1 aromatic carbocycles. The Kier molecular flexibility index (Phi) is 3.68. The zero-order valence-electron chi connectivity index (χ0n) is 12.1. The van der Waals surface area contributed by atoms with E-state index in [9.17, 15) is 4.79 Å². The molecular weight excluding hydrogens is 248 g/mol. The summed E-state index contributed by atoms with van der Waals surface area (Å²) in [5, 5.41) is 0. The molecule has 1 saturated carbocycles. The van der Waals surface area contributed by atoms with Crippen LogP contribution in [0.5, 0.6) is 0 Å². The number of rotatable bonds is 2. The summed E-state index contributed by atoms with van der Waals surface area (Å²) in [4.78, 5) is 15.0. The first-order valence-electron chi connectivity index (χ1n) is 7.88. The molecule has 1 saturated heterocycles. The SMILES string of the molecule is Nc1ccc(C2(C(=O)N3CCCCCCC3)CC2)cc1. The first-order valence-corrected chi connectivity index (χ1v) is 7.88. The topological polar surface area (TPSA) is 46.3 Å². The third kappa shape index (κ3) is 2.54. The highest BCUT2D eigenvalue weighted by Crippen LogP contribution is 2.49. The van der Waals surface area contributed by atoms with Gasteiger partial charge in [0.1, 0.15) is 0 Å². The molecule has 1 aromatic rings. The first kappa shape index (κ1) is 13.5. The smallest absolute Gasteiger partial charge is 0.233 e. The molecule has 1 aliphatic heterocycles. The third-order valence-electron chi connectivity index (χ3n) is 4.77. The molecule has 2 aliphatic rings. The molecule has 1 amide bonds. The second-order valence-electron chi connectivity index (χ2n) is 6.26. The molecule has 3 rings (SSSR count). The van der Waals surface area contributed by atoms with Gasteiger partial charge in [0.15, 0.2) is 0 Å². The summed E-state index contributed by atoms with van der Waals surface area (Å²) in [6.07, 6.45) is 8.15. The van der Waals surface area contributed by atoms with Crippen molar-refractivity contribution in [1.29, 1.82) is 0 Å². The molecule has 0 unspecified atom stereocenters. The van der Waals surface area contributed by atoms with E-state index in [0.29, 0.717) is 5.91 Å². The minimum absolute atomic E-state index is 0.229. The number of benzene rings is 1. The van der Waals surface area contributed by atoms with Gasteiger partial charge in [0, 0.05) is 18.8 Å². The predicted octanol–water partition coefficient (Wildman–Crippen LogP) is 3.09. The van der Waals surface area contributed by atoms with Gasteiger partial charge in [0.25, 0.3) is 0 Å². The van der Waals surface area contributed by atoms with Gasteiger partial charge < -0.3 is 10.6 Å². The molecule has 3 heteroatoms. The third-order valence-corrected chi connectivity index (χ3v) is 4.77. The van der Waals surface area contributed by atoms with Gasteiger partial charge in [-0.05, 0) is 43.4 Å². The Morgan fingerprint density at radius 1 is 0.950 bits per heavy atom. The second-order valence-corrected chi connectivity index (χ2v) is 6.26. The molecule has 108 valence electrons. The Bertz CT molecular complexity index is 468. The lowest BCUT2D eigenvalue weighted by molar-refractivity contribution is -0.134. The zero-order chi connectivity index (χ0) is 14.0. The molecular formula is C17H24N2O. The number of anilines is 1. The largest absolute Gasteiger partial charge is 0.399 e. The van der Waals surface area contributed by atoms with Crippen LogP contribution < -0.4 is 5.73 Å². The highest BCUT2D eigenvalue weighted by atomic mass is 16.2. The van der Waals surface area contributed by atoms with E-state index in [1.165, 1.54) is 19.3 Å². The van der Waals surface area contributed by atoms with E-state index in [1.807, 2.05) is 24.3 Å². The fourth-order valence-electron chi connectivity index (χ4n) is 3.31. The van der Waals surface area contributed by atoms with Crippen LogP contribution in [0.2, 0.25) is 0 Å². The first-order chi connectivity index (χ1) is 9.72. The van der Waals surface area contributed by atoms with Gasteiger partial charge in [0.2, 0.25) is 5.91 Å². The van der Waals surface area contributed by atoms with Crippen molar-refractivity contribution in [2.75, 3.05) is 18.8 Å². The van der Waals surface area contributed by atoms with Crippen molar-refractivity contribution in [3.8, 4) is 0 Å². The van der Waals surface area contributed by atoms with Gasteiger partial charge in [-0.25, -0.2) is 0 Å². The van der Waals surface area contributed by atoms with Gasteiger partial charge in [-0.1, -0.05) is 31.4 Å². The van der Waals surface area contributed by atoms with E-state index < -0.39 is 0 Å². The van der Waals surface area contributed by atoms with Crippen LogP contribution in [0.1, 0.15) is 50.5 Å². The number of nitrogens with two attached hydrogens (primary N) is 1. The number of carbonyl (C=O) groups is 1. The van der Waals surface area contributed by atoms with Crippen molar-refractivity contribution < 1.29 is 4.79 Å². The maximum absolute atomic E-state index is 12.9. The van der Waals surface area contributed by atoms with Crippen LogP contribution in [0.25, 0.3) is 0 Å². The Morgan fingerprint density at radius 2 is 1.50 bits per heavy atom. The summed E-state index contributed by atoms with van der Waals surface area (Å²) in [6.45, 7) is 1.88. The van der Waals surface area contributed by atoms with Crippen LogP contribution in [-0.2, 0) is 10.2 Å². The number of hydrogen-bond acceptors (Lipinski definition) is 2. The zero-order valence-corrected chi connectivity index (χ0v) is 12.1. The number of nitrogens with zero attached hydrogens (tertiary/aromatic N) is 1. The maximum Gasteiger partial charge on any atom is 0.233 e. The van der Waals surface area contributed by atoms with Crippen LogP contribution in [0, 0.1) is 0 Å². The average molecular weight is 272 g/mol. The molecule has 20 heavy (non-hydrogen) atoms. The quantitative estimate of drug-likeness (QED) is 0.841. The minimum atomic E-state index is -0.229. The second kappa shape index (κ2) is 5.47. The normalized spacial score (nSPS) is 21.9. The Hall–Kier alpha value is -1.51. The summed E-state index contributed by atoms with van der Waals surface area (Å²) in [5.74, 6) is 0.351. The molecule has 0 bridgehead atoms. The number of carbonyl (C=O) groups excluding carboxylic acids is 1. The van der Waals surface area contributed by atoms with E-state index in [-0.39, 0.29) is 5.41 Å². The van der Waals surface area contributed by atoms with E-state index in [4.69, 9.17) is 5.73 Å². The highest BCUT2D eigenvalue weighted by molar-refractivity contribution is 5.91. The maximum atomic E-state index is 12.9. The van der Waals surface area contributed by atoms with Crippen molar-refractivity contribution in [3.05, 3.63) is 29.8 Å². The van der Waals surface area contributed by atoms with Crippen LogP contribution in [0.3, 0.4) is 0 Å². The summed E-state index contributed by atoms with van der Waals surface area (Å²) >= 11 is 0. The van der Waals surface area contributed by atoms with Crippen LogP contribution in [0.4, 0.5) is 5.69 Å². The summed E-state index contributed by atoms with van der Waals surface area (Å²) in [6, 6.07) is 7.89. The molecule has 1 heterocycles. The lowest BCUT2D eigenvalue weighted by Gasteiger charge is -2.29. The highest BCUT2D eigenvalue weighted by Gasteiger charge is 2.52. The van der Waals surface area contributed by atoms with Crippen molar-refractivity contribution in [1.82, 2.24) is 4.90 Å². The van der Waals surface area contributed by atoms with Crippen LogP contribution >= 0.6 is 0 Å².